The molecule has 6 nitrogen and oxygen atoms in total. The number of halogens is 2. The average molecular weight is 469 g/mol. The van der Waals surface area contributed by atoms with Crippen LogP contribution in [0.15, 0.2) is 42.6 Å². The number of nitrogens with one attached hydrogen (secondary N) is 1. The molecule has 32 heavy (non-hydrogen) atoms. The van der Waals surface area contributed by atoms with Gasteiger partial charge in [-0.2, -0.15) is 0 Å². The second-order valence-corrected chi connectivity index (χ2v) is 8.12. The van der Waals surface area contributed by atoms with Gasteiger partial charge in [-0.3, -0.25) is 0 Å². The van der Waals surface area contributed by atoms with Gasteiger partial charge in [0.1, 0.15) is 23.1 Å². The van der Waals surface area contributed by atoms with Gasteiger partial charge in [0.15, 0.2) is 0 Å². The molecule has 0 aliphatic heterocycles. The fourth-order valence-corrected chi connectivity index (χ4v) is 4.31. The summed E-state index contributed by atoms with van der Waals surface area (Å²) in [6.07, 6.45) is 1.74. The van der Waals surface area contributed by atoms with Crippen LogP contribution in [-0.2, 0) is 0 Å². The number of hydrogen-bond donors (Lipinski definition) is 2. The van der Waals surface area contributed by atoms with E-state index in [1.54, 1.807) is 12.3 Å². The first-order chi connectivity index (χ1) is 15.3. The lowest BCUT2D eigenvalue weighted by atomic mass is 10.1. The molecule has 8 heteroatoms. The van der Waals surface area contributed by atoms with E-state index in [-0.39, 0.29) is 0 Å². The van der Waals surface area contributed by atoms with E-state index in [9.17, 15) is 0 Å². The number of anilines is 3. The van der Waals surface area contributed by atoms with Crippen LogP contribution in [-0.4, -0.2) is 24.2 Å². The van der Waals surface area contributed by atoms with Crippen molar-refractivity contribution in [1.82, 2.24) is 9.97 Å². The van der Waals surface area contributed by atoms with E-state index in [0.717, 1.165) is 27.6 Å². The highest BCUT2D eigenvalue weighted by Gasteiger charge is 2.21. The van der Waals surface area contributed by atoms with Crippen LogP contribution in [0.25, 0.3) is 22.0 Å². The minimum absolute atomic E-state index is 0.325. The lowest BCUT2D eigenvalue weighted by Crippen LogP contribution is -2.01. The number of aryl methyl sites for hydroxylation is 2. The SMILES string of the molecule is COc1cc(OC)c(Cl)c(-c2cc3cnc(Nc4c(C)cccc4C)cc3c(N)n2)c1Cl. The van der Waals surface area contributed by atoms with Gasteiger partial charge in [-0.25, -0.2) is 9.97 Å². The number of ether oxygens (including phenoxy) is 2. The highest BCUT2D eigenvalue weighted by Crippen LogP contribution is 2.46. The third-order valence-corrected chi connectivity index (χ3v) is 6.06. The number of aromatic nitrogens is 2. The van der Waals surface area contributed by atoms with Crippen molar-refractivity contribution in [3.63, 3.8) is 0 Å². The van der Waals surface area contributed by atoms with Crippen LogP contribution in [0.5, 0.6) is 11.5 Å². The first-order valence-corrected chi connectivity index (χ1v) is 10.6. The molecule has 0 aliphatic rings. The van der Waals surface area contributed by atoms with Crippen LogP contribution < -0.4 is 20.5 Å². The van der Waals surface area contributed by atoms with E-state index >= 15 is 0 Å². The molecule has 0 amide bonds. The fourth-order valence-electron chi connectivity index (χ4n) is 3.62. The van der Waals surface area contributed by atoms with Crippen molar-refractivity contribution in [2.24, 2.45) is 0 Å². The summed E-state index contributed by atoms with van der Waals surface area (Å²) in [6.45, 7) is 4.10. The number of pyridine rings is 2. The van der Waals surface area contributed by atoms with E-state index in [2.05, 4.69) is 41.3 Å². The van der Waals surface area contributed by atoms with Gasteiger partial charge in [0, 0.05) is 34.3 Å². The van der Waals surface area contributed by atoms with Crippen molar-refractivity contribution in [2.45, 2.75) is 13.8 Å². The topological polar surface area (TPSA) is 82.3 Å². The Kier molecular flexibility index (Phi) is 6.00. The van der Waals surface area contributed by atoms with Gasteiger partial charge in [0.25, 0.3) is 0 Å². The van der Waals surface area contributed by atoms with Crippen LogP contribution in [0.1, 0.15) is 11.1 Å². The van der Waals surface area contributed by atoms with Gasteiger partial charge < -0.3 is 20.5 Å². The highest BCUT2D eigenvalue weighted by molar-refractivity contribution is 6.41. The van der Waals surface area contributed by atoms with E-state index in [4.69, 9.17) is 38.4 Å². The van der Waals surface area contributed by atoms with Crippen molar-refractivity contribution in [3.05, 3.63) is 63.8 Å². The van der Waals surface area contributed by atoms with Crippen LogP contribution in [0.2, 0.25) is 10.0 Å². The summed E-state index contributed by atoms with van der Waals surface area (Å²) in [5, 5.41) is 5.60. The van der Waals surface area contributed by atoms with Crippen molar-refractivity contribution in [1.29, 1.82) is 0 Å². The molecule has 0 aliphatic carbocycles. The van der Waals surface area contributed by atoms with Gasteiger partial charge in [0.2, 0.25) is 0 Å². The van der Waals surface area contributed by atoms with Crippen LogP contribution >= 0.6 is 23.2 Å². The number of nitrogens with zero attached hydrogens (tertiary/aromatic N) is 2. The highest BCUT2D eigenvalue weighted by atomic mass is 35.5. The average Bonchev–Trinajstić information content (AvgIpc) is 2.77. The fraction of sp³-hybridized carbons (Fsp3) is 0.167. The molecule has 0 bridgehead atoms. The smallest absolute Gasteiger partial charge is 0.141 e. The Labute approximate surface area is 196 Å². The van der Waals surface area contributed by atoms with Gasteiger partial charge in [-0.15, -0.1) is 0 Å². The Morgan fingerprint density at radius 3 is 2.16 bits per heavy atom. The van der Waals surface area contributed by atoms with Gasteiger partial charge >= 0.3 is 0 Å². The molecule has 2 aromatic carbocycles. The standard InChI is InChI=1S/C24H22Cl2N4O2/c1-12-6-5-7-13(2)23(12)30-19-9-15-14(11-28-19)8-16(29-24(15)27)20-21(25)17(31-3)10-18(32-4)22(20)26/h5-11H,1-4H3,(H2,27,29)(H,28,30). The van der Waals surface area contributed by atoms with Gasteiger partial charge in [0.05, 0.1) is 30.0 Å². The quantitative estimate of drug-likeness (QED) is 0.344. The second kappa shape index (κ2) is 8.73. The third kappa shape index (κ3) is 3.87. The summed E-state index contributed by atoms with van der Waals surface area (Å²) in [5.74, 6) is 1.86. The Balaban J connectivity index is 1.82. The van der Waals surface area contributed by atoms with Crippen molar-refractivity contribution in [3.8, 4) is 22.8 Å². The molecule has 0 saturated carbocycles. The number of para-hydroxylation sites is 1. The molecule has 164 valence electrons. The summed E-state index contributed by atoms with van der Waals surface area (Å²) in [5.41, 5.74) is 10.6. The molecule has 2 heterocycles. The van der Waals surface area contributed by atoms with Crippen LogP contribution in [0, 0.1) is 13.8 Å². The lowest BCUT2D eigenvalue weighted by Gasteiger charge is -2.16. The Bertz CT molecular complexity index is 1290. The van der Waals surface area contributed by atoms with Gasteiger partial charge in [-0.05, 0) is 37.1 Å². The van der Waals surface area contributed by atoms with E-state index < -0.39 is 0 Å². The van der Waals surface area contributed by atoms with Crippen molar-refractivity contribution < 1.29 is 9.47 Å². The van der Waals surface area contributed by atoms with E-state index in [1.807, 2.05) is 18.2 Å². The molecule has 4 aromatic rings. The zero-order valence-corrected chi connectivity index (χ0v) is 19.6. The summed E-state index contributed by atoms with van der Waals surface area (Å²) >= 11 is 13.1. The molecule has 0 unspecified atom stereocenters. The molecular weight excluding hydrogens is 447 g/mol. The molecule has 0 atom stereocenters. The monoisotopic (exact) mass is 468 g/mol. The summed E-state index contributed by atoms with van der Waals surface area (Å²) < 4.78 is 10.7. The molecule has 0 fully saturated rings. The van der Waals surface area contributed by atoms with E-state index in [0.29, 0.717) is 44.4 Å². The first-order valence-electron chi connectivity index (χ1n) is 9.84. The minimum atomic E-state index is 0.325. The van der Waals surface area contributed by atoms with E-state index in [1.165, 1.54) is 14.2 Å². The lowest BCUT2D eigenvalue weighted by molar-refractivity contribution is 0.395. The predicted molar refractivity (Wildman–Crippen MR) is 132 cm³/mol. The maximum absolute atomic E-state index is 6.55. The Morgan fingerprint density at radius 1 is 0.938 bits per heavy atom. The third-order valence-electron chi connectivity index (χ3n) is 5.31. The van der Waals surface area contributed by atoms with Gasteiger partial charge in [-0.1, -0.05) is 41.4 Å². The summed E-state index contributed by atoms with van der Waals surface area (Å²) in [6, 6.07) is 11.5. The molecule has 0 radical (unpaired) electrons. The number of hydrogen-bond acceptors (Lipinski definition) is 6. The van der Waals surface area contributed by atoms with Crippen LogP contribution in [0.4, 0.5) is 17.3 Å². The largest absolute Gasteiger partial charge is 0.495 e. The molecule has 2 aromatic heterocycles. The molecule has 0 spiro atoms. The van der Waals surface area contributed by atoms with Crippen molar-refractivity contribution >= 4 is 51.3 Å². The number of nitrogens with two attached hydrogens (primary N) is 1. The molecule has 0 saturated heterocycles. The first kappa shape index (κ1) is 22.0. The minimum Gasteiger partial charge on any atom is -0.495 e. The Hall–Kier alpha value is -3.22. The zero-order valence-electron chi connectivity index (χ0n) is 18.1. The predicted octanol–water partition coefficient (Wildman–Crippen LogP) is 6.56. The summed E-state index contributed by atoms with van der Waals surface area (Å²) in [7, 11) is 3.05. The Morgan fingerprint density at radius 2 is 1.56 bits per heavy atom. The number of fused-ring (bicyclic) bond motifs is 1. The maximum atomic E-state index is 6.55. The normalized spacial score (nSPS) is 10.9. The second-order valence-electron chi connectivity index (χ2n) is 7.36. The molecular formula is C24H22Cl2N4O2. The molecule has 3 N–H and O–H groups in total. The van der Waals surface area contributed by atoms with Crippen LogP contribution in [0.3, 0.4) is 0 Å². The number of benzene rings is 2. The zero-order chi connectivity index (χ0) is 23.0. The number of rotatable bonds is 5. The summed E-state index contributed by atoms with van der Waals surface area (Å²) in [4.78, 5) is 9.13. The van der Waals surface area contributed by atoms with Crippen molar-refractivity contribution in [2.75, 3.05) is 25.3 Å². The maximum Gasteiger partial charge on any atom is 0.141 e. The number of nitrogen functional groups attached to an aromatic ring is 1. The molecule has 4 rings (SSSR count). The number of methoxy groups -OCH3 is 2.